The van der Waals surface area contributed by atoms with E-state index < -0.39 is 0 Å². The normalized spacial score (nSPS) is 14.7. The maximum Gasteiger partial charge on any atom is 0.243 e. The molecule has 0 spiro atoms. The van der Waals surface area contributed by atoms with E-state index in [1.807, 2.05) is 11.8 Å². The molecule has 1 heterocycles. The second-order valence-electron chi connectivity index (χ2n) is 3.75. The van der Waals surface area contributed by atoms with Gasteiger partial charge in [-0.1, -0.05) is 6.92 Å². The molecule has 1 N–H and O–H groups in total. The average Bonchev–Trinajstić information content (AvgIpc) is 2.21. The summed E-state index contributed by atoms with van der Waals surface area (Å²) >= 11 is 3.15. The zero-order valence-electron chi connectivity index (χ0n) is 8.89. The Hall–Kier alpha value is -1.10. The molecular weight excluding hydrogens is 275 g/mol. The lowest BCUT2D eigenvalue weighted by Crippen LogP contribution is -2.38. The summed E-state index contributed by atoms with van der Waals surface area (Å²) in [6.45, 7) is 3.17. The van der Waals surface area contributed by atoms with Crippen molar-refractivity contribution in [3.05, 3.63) is 22.4 Å². The fourth-order valence-electron chi connectivity index (χ4n) is 1.82. The van der Waals surface area contributed by atoms with Gasteiger partial charge in [0, 0.05) is 12.6 Å². The Morgan fingerprint density at radius 3 is 3.00 bits per heavy atom. The molecule has 3 nitrogen and oxygen atoms in total. The molecular formula is C11H12BrFN2O. The first-order chi connectivity index (χ1) is 7.61. The summed E-state index contributed by atoms with van der Waals surface area (Å²) in [7, 11) is 0. The number of hydrogen-bond acceptors (Lipinski definition) is 2. The number of hydrogen-bond donors (Lipinski definition) is 1. The van der Waals surface area contributed by atoms with Crippen molar-refractivity contribution >= 4 is 33.2 Å². The predicted molar refractivity (Wildman–Crippen MR) is 65.2 cm³/mol. The molecule has 1 aliphatic heterocycles. The van der Waals surface area contributed by atoms with Crippen LogP contribution >= 0.6 is 15.9 Å². The second-order valence-corrected chi connectivity index (χ2v) is 4.61. The zero-order chi connectivity index (χ0) is 11.7. The molecule has 0 unspecified atom stereocenters. The largest absolute Gasteiger partial charge is 0.361 e. The van der Waals surface area contributed by atoms with Crippen LogP contribution in [0.4, 0.5) is 15.8 Å². The van der Waals surface area contributed by atoms with Crippen LogP contribution in [0, 0.1) is 5.82 Å². The quantitative estimate of drug-likeness (QED) is 0.907. The van der Waals surface area contributed by atoms with Crippen LogP contribution in [-0.4, -0.2) is 19.0 Å². The lowest BCUT2D eigenvalue weighted by Gasteiger charge is -2.30. The Bertz CT molecular complexity index is 436. The second kappa shape index (κ2) is 4.41. The van der Waals surface area contributed by atoms with E-state index in [2.05, 4.69) is 21.2 Å². The molecule has 1 aliphatic rings. The van der Waals surface area contributed by atoms with Crippen LogP contribution in [-0.2, 0) is 4.79 Å². The van der Waals surface area contributed by atoms with E-state index >= 15 is 0 Å². The molecule has 0 aliphatic carbocycles. The summed E-state index contributed by atoms with van der Waals surface area (Å²) in [5.74, 6) is -0.458. The molecule has 1 aromatic rings. The van der Waals surface area contributed by atoms with E-state index in [9.17, 15) is 9.18 Å². The third kappa shape index (κ3) is 2.04. The summed E-state index contributed by atoms with van der Waals surface area (Å²) in [6, 6.07) is 3.05. The van der Waals surface area contributed by atoms with Crippen molar-refractivity contribution in [2.24, 2.45) is 0 Å². The number of rotatable bonds is 2. The highest BCUT2D eigenvalue weighted by molar-refractivity contribution is 9.10. The van der Waals surface area contributed by atoms with Crippen LogP contribution in [0.25, 0.3) is 0 Å². The molecule has 16 heavy (non-hydrogen) atoms. The Kier molecular flexibility index (Phi) is 3.14. The van der Waals surface area contributed by atoms with Crippen molar-refractivity contribution in [3.63, 3.8) is 0 Å². The van der Waals surface area contributed by atoms with Crippen molar-refractivity contribution < 1.29 is 9.18 Å². The maximum atomic E-state index is 13.3. The molecule has 2 rings (SSSR count). The molecule has 0 aromatic heterocycles. The average molecular weight is 287 g/mol. The van der Waals surface area contributed by atoms with Gasteiger partial charge in [-0.05, 0) is 28.4 Å². The number of nitrogens with one attached hydrogen (secondary N) is 1. The SMILES string of the molecule is CCCN1CC(=O)Nc2cc(F)c(Br)cc21. The van der Waals surface area contributed by atoms with E-state index in [1.54, 1.807) is 6.07 Å². The molecule has 1 amide bonds. The lowest BCUT2D eigenvalue weighted by atomic mass is 10.2. The Morgan fingerprint density at radius 2 is 2.31 bits per heavy atom. The van der Waals surface area contributed by atoms with Crippen LogP contribution in [0.15, 0.2) is 16.6 Å². The number of nitrogens with zero attached hydrogens (tertiary/aromatic N) is 1. The van der Waals surface area contributed by atoms with Gasteiger partial charge in [0.1, 0.15) is 5.82 Å². The Balaban J connectivity index is 2.44. The Morgan fingerprint density at radius 1 is 1.56 bits per heavy atom. The molecule has 86 valence electrons. The van der Waals surface area contributed by atoms with Crippen LogP contribution in [0.1, 0.15) is 13.3 Å². The van der Waals surface area contributed by atoms with Crippen LogP contribution < -0.4 is 10.2 Å². The van der Waals surface area contributed by atoms with E-state index in [0.29, 0.717) is 16.7 Å². The predicted octanol–water partition coefficient (Wildman–Crippen LogP) is 2.76. The molecule has 1 aromatic carbocycles. The smallest absolute Gasteiger partial charge is 0.243 e. The van der Waals surface area contributed by atoms with Crippen LogP contribution in [0.3, 0.4) is 0 Å². The van der Waals surface area contributed by atoms with Gasteiger partial charge in [0.2, 0.25) is 5.91 Å². The molecule has 0 saturated heterocycles. The summed E-state index contributed by atoms with van der Waals surface area (Å²) < 4.78 is 13.7. The Labute approximate surface area is 102 Å². The number of fused-ring (bicyclic) bond motifs is 1. The highest BCUT2D eigenvalue weighted by Crippen LogP contribution is 2.34. The highest BCUT2D eigenvalue weighted by atomic mass is 79.9. The van der Waals surface area contributed by atoms with E-state index in [4.69, 9.17) is 0 Å². The van der Waals surface area contributed by atoms with E-state index in [1.165, 1.54) is 6.07 Å². The number of carbonyl (C=O) groups is 1. The van der Waals surface area contributed by atoms with Gasteiger partial charge in [-0.3, -0.25) is 4.79 Å². The number of amides is 1. The van der Waals surface area contributed by atoms with Gasteiger partial charge in [-0.25, -0.2) is 4.39 Å². The van der Waals surface area contributed by atoms with Crippen molar-refractivity contribution in [2.45, 2.75) is 13.3 Å². The highest BCUT2D eigenvalue weighted by Gasteiger charge is 2.22. The maximum absolute atomic E-state index is 13.3. The summed E-state index contributed by atoms with van der Waals surface area (Å²) in [4.78, 5) is 13.4. The van der Waals surface area contributed by atoms with Crippen LogP contribution in [0.2, 0.25) is 0 Å². The molecule has 0 atom stereocenters. The topological polar surface area (TPSA) is 32.3 Å². The van der Waals surface area contributed by atoms with Gasteiger partial charge in [-0.15, -0.1) is 0 Å². The van der Waals surface area contributed by atoms with Gasteiger partial charge in [0.25, 0.3) is 0 Å². The summed E-state index contributed by atoms with van der Waals surface area (Å²) in [5, 5.41) is 2.67. The molecule has 0 bridgehead atoms. The zero-order valence-corrected chi connectivity index (χ0v) is 10.5. The lowest BCUT2D eigenvalue weighted by molar-refractivity contribution is -0.115. The first-order valence-corrected chi connectivity index (χ1v) is 5.95. The molecule has 0 fully saturated rings. The first kappa shape index (κ1) is 11.4. The third-order valence-electron chi connectivity index (χ3n) is 2.48. The number of carbonyl (C=O) groups excluding carboxylic acids is 1. The monoisotopic (exact) mass is 286 g/mol. The third-order valence-corrected chi connectivity index (χ3v) is 3.09. The minimum absolute atomic E-state index is 0.0947. The van der Waals surface area contributed by atoms with Gasteiger partial charge in [-0.2, -0.15) is 0 Å². The molecule has 5 heteroatoms. The standard InChI is InChI=1S/C11H12BrFN2O/c1-2-3-15-6-11(16)14-9-5-8(13)7(12)4-10(9)15/h4-5H,2-3,6H2,1H3,(H,14,16). The fraction of sp³-hybridized carbons (Fsp3) is 0.364. The number of benzene rings is 1. The number of anilines is 2. The fourth-order valence-corrected chi connectivity index (χ4v) is 2.15. The first-order valence-electron chi connectivity index (χ1n) is 5.15. The van der Waals surface area contributed by atoms with E-state index in [0.717, 1.165) is 18.7 Å². The van der Waals surface area contributed by atoms with Gasteiger partial charge in [0.15, 0.2) is 0 Å². The van der Waals surface area contributed by atoms with Gasteiger partial charge < -0.3 is 10.2 Å². The van der Waals surface area contributed by atoms with Crippen LogP contribution in [0.5, 0.6) is 0 Å². The minimum atomic E-state index is -0.364. The van der Waals surface area contributed by atoms with Gasteiger partial charge in [0.05, 0.1) is 22.4 Å². The number of halogens is 2. The van der Waals surface area contributed by atoms with Crippen molar-refractivity contribution in [1.82, 2.24) is 0 Å². The molecule has 0 saturated carbocycles. The minimum Gasteiger partial charge on any atom is -0.361 e. The van der Waals surface area contributed by atoms with Crippen molar-refractivity contribution in [1.29, 1.82) is 0 Å². The van der Waals surface area contributed by atoms with Crippen molar-refractivity contribution in [2.75, 3.05) is 23.3 Å². The summed E-state index contributed by atoms with van der Waals surface area (Å²) in [5.41, 5.74) is 1.42. The van der Waals surface area contributed by atoms with Gasteiger partial charge >= 0.3 is 0 Å². The summed E-state index contributed by atoms with van der Waals surface area (Å²) in [6.07, 6.45) is 0.946. The van der Waals surface area contributed by atoms with Crippen molar-refractivity contribution in [3.8, 4) is 0 Å². The molecule has 0 radical (unpaired) electrons. The van der Waals surface area contributed by atoms with E-state index in [-0.39, 0.29) is 11.7 Å².